The summed E-state index contributed by atoms with van der Waals surface area (Å²) in [5, 5.41) is 7.95. The third-order valence-electron chi connectivity index (χ3n) is 5.40. The van der Waals surface area contributed by atoms with Crippen LogP contribution in [0.2, 0.25) is 0 Å². The first-order valence-corrected chi connectivity index (χ1v) is 11.0. The van der Waals surface area contributed by atoms with E-state index < -0.39 is 11.9 Å². The summed E-state index contributed by atoms with van der Waals surface area (Å²) in [6.45, 7) is -0.166. The van der Waals surface area contributed by atoms with Crippen LogP contribution in [0.4, 0.5) is 16.2 Å². The first kappa shape index (κ1) is 24.2. The molecule has 0 unspecified atom stereocenters. The van der Waals surface area contributed by atoms with Gasteiger partial charge < -0.3 is 20.7 Å². The minimum atomic E-state index is -0.661. The lowest BCUT2D eigenvalue weighted by Gasteiger charge is -2.24. The van der Waals surface area contributed by atoms with Gasteiger partial charge in [0.25, 0.3) is 5.91 Å². The number of nitrogens with zero attached hydrogens (tertiary/aromatic N) is 5. The number of nitrogens with two attached hydrogens (primary N) is 1. The van der Waals surface area contributed by atoms with Crippen LogP contribution >= 0.6 is 0 Å². The van der Waals surface area contributed by atoms with E-state index in [1.165, 1.54) is 22.1 Å². The van der Waals surface area contributed by atoms with E-state index in [-0.39, 0.29) is 18.1 Å². The number of hydrogen-bond acceptors (Lipinski definition) is 6. The van der Waals surface area contributed by atoms with Crippen LogP contribution in [0, 0.1) is 0 Å². The molecule has 0 saturated heterocycles. The molecule has 0 fully saturated rings. The van der Waals surface area contributed by atoms with Crippen molar-refractivity contribution in [3.63, 3.8) is 0 Å². The molecular formula is C25H25N7O4. The van der Waals surface area contributed by atoms with Gasteiger partial charge in [-0.05, 0) is 48.5 Å². The van der Waals surface area contributed by atoms with Crippen LogP contribution < -0.4 is 20.7 Å². The van der Waals surface area contributed by atoms with E-state index in [4.69, 9.17) is 10.5 Å². The number of aryl methyl sites for hydroxylation is 1. The van der Waals surface area contributed by atoms with Crippen molar-refractivity contribution in [2.75, 3.05) is 30.9 Å². The molecule has 0 aliphatic carbocycles. The van der Waals surface area contributed by atoms with E-state index in [2.05, 4.69) is 15.4 Å². The van der Waals surface area contributed by atoms with Crippen molar-refractivity contribution < 1.29 is 19.1 Å². The Kier molecular flexibility index (Phi) is 6.81. The molecule has 4 amide bonds. The molecule has 2 aromatic heterocycles. The van der Waals surface area contributed by atoms with E-state index in [1.807, 2.05) is 19.2 Å². The maximum atomic E-state index is 13.2. The van der Waals surface area contributed by atoms with E-state index in [9.17, 15) is 14.4 Å². The monoisotopic (exact) mass is 487 g/mol. The van der Waals surface area contributed by atoms with E-state index >= 15 is 0 Å². The summed E-state index contributed by atoms with van der Waals surface area (Å²) in [5.41, 5.74) is 7.34. The number of primary amides is 1. The number of ether oxygens (including phenoxy) is 1. The van der Waals surface area contributed by atoms with Crippen molar-refractivity contribution in [1.82, 2.24) is 19.7 Å². The Morgan fingerprint density at radius 3 is 2.47 bits per heavy atom. The molecule has 36 heavy (non-hydrogen) atoms. The van der Waals surface area contributed by atoms with Crippen LogP contribution in [0.1, 0.15) is 10.5 Å². The van der Waals surface area contributed by atoms with Gasteiger partial charge in [0.05, 0.1) is 11.7 Å². The minimum absolute atomic E-state index is 0.0821. The molecule has 0 atom stereocenters. The van der Waals surface area contributed by atoms with Crippen molar-refractivity contribution in [3.05, 3.63) is 72.7 Å². The zero-order valence-electron chi connectivity index (χ0n) is 20.0. The van der Waals surface area contributed by atoms with E-state index in [0.717, 1.165) is 10.9 Å². The quantitative estimate of drug-likeness (QED) is 0.411. The van der Waals surface area contributed by atoms with Crippen molar-refractivity contribution >= 4 is 40.1 Å². The second-order valence-electron chi connectivity index (χ2n) is 8.18. The molecule has 4 aromatic rings. The maximum absolute atomic E-state index is 13.2. The summed E-state index contributed by atoms with van der Waals surface area (Å²) in [6.07, 6.45) is 3.14. The number of fused-ring (bicyclic) bond motifs is 1. The fourth-order valence-electron chi connectivity index (χ4n) is 3.43. The van der Waals surface area contributed by atoms with Gasteiger partial charge in [0.1, 0.15) is 23.7 Å². The topological polar surface area (TPSA) is 136 Å². The lowest BCUT2D eigenvalue weighted by molar-refractivity contribution is -0.127. The summed E-state index contributed by atoms with van der Waals surface area (Å²) < 4.78 is 7.52. The molecule has 0 aliphatic heterocycles. The van der Waals surface area contributed by atoms with Gasteiger partial charge >= 0.3 is 6.03 Å². The van der Waals surface area contributed by atoms with Gasteiger partial charge in [-0.15, -0.1) is 0 Å². The third-order valence-corrected chi connectivity index (χ3v) is 5.40. The Balaban J connectivity index is 1.55. The molecule has 0 aliphatic rings. The Labute approximate surface area is 207 Å². The number of amides is 4. The van der Waals surface area contributed by atoms with Crippen molar-refractivity contribution in [2.45, 2.75) is 0 Å². The highest BCUT2D eigenvalue weighted by atomic mass is 16.5. The Hall–Kier alpha value is -4.93. The number of hydrogen-bond donors (Lipinski definition) is 2. The van der Waals surface area contributed by atoms with Crippen LogP contribution in [-0.2, 0) is 11.8 Å². The number of carbonyl (C=O) groups excluding carboxylic acids is 3. The molecule has 0 bridgehead atoms. The summed E-state index contributed by atoms with van der Waals surface area (Å²) in [6, 6.07) is 14.7. The summed E-state index contributed by atoms with van der Waals surface area (Å²) in [7, 11) is 5.09. The summed E-state index contributed by atoms with van der Waals surface area (Å²) in [4.78, 5) is 43.7. The normalized spacial score (nSPS) is 10.6. The Bertz CT molecular complexity index is 1430. The Morgan fingerprint density at radius 2 is 1.78 bits per heavy atom. The smallest absolute Gasteiger partial charge is 0.326 e. The molecule has 11 heteroatoms. The number of rotatable bonds is 7. The molecule has 0 radical (unpaired) electrons. The van der Waals surface area contributed by atoms with E-state index in [0.29, 0.717) is 22.9 Å². The standard InChI is InChI=1S/C25H25N7O4/c1-30(2)23(33)15-32(25(35)29-17-4-9-22-16(12-17)14-28-31(22)3)18-5-7-19(8-6-18)36-20-10-11-27-21(13-20)24(26)34/h4-14H,15H2,1-3H3,(H2,26,34)(H,29,35). The van der Waals surface area contributed by atoms with Gasteiger partial charge in [-0.3, -0.25) is 24.2 Å². The SMILES string of the molecule is CN(C)C(=O)CN(C(=O)Nc1ccc2c(cnn2C)c1)c1ccc(Oc2ccnc(C(N)=O)c2)cc1. The Morgan fingerprint density at radius 1 is 1.03 bits per heavy atom. The predicted octanol–water partition coefficient (Wildman–Crippen LogP) is 2.99. The number of likely N-dealkylation sites (N-methyl/N-ethyl adjacent to an activating group) is 1. The highest BCUT2D eigenvalue weighted by molar-refractivity contribution is 6.05. The maximum Gasteiger partial charge on any atom is 0.326 e. The van der Waals surface area contributed by atoms with Crippen molar-refractivity contribution in [1.29, 1.82) is 0 Å². The second-order valence-corrected chi connectivity index (χ2v) is 8.18. The lowest BCUT2D eigenvalue weighted by Crippen LogP contribution is -2.42. The van der Waals surface area contributed by atoms with Crippen LogP contribution in [0.15, 0.2) is 67.0 Å². The largest absolute Gasteiger partial charge is 0.457 e. The minimum Gasteiger partial charge on any atom is -0.457 e. The third kappa shape index (κ3) is 5.41. The van der Waals surface area contributed by atoms with Gasteiger partial charge in [0.2, 0.25) is 5.91 Å². The molecular weight excluding hydrogens is 462 g/mol. The number of benzene rings is 2. The highest BCUT2D eigenvalue weighted by Gasteiger charge is 2.21. The number of pyridine rings is 1. The fraction of sp³-hybridized carbons (Fsp3) is 0.160. The summed E-state index contributed by atoms with van der Waals surface area (Å²) >= 11 is 0. The van der Waals surface area contributed by atoms with Gasteiger partial charge in [-0.1, -0.05) is 0 Å². The zero-order chi connectivity index (χ0) is 25.8. The number of anilines is 2. The van der Waals surface area contributed by atoms with Crippen molar-refractivity contribution in [2.24, 2.45) is 12.8 Å². The van der Waals surface area contributed by atoms with Gasteiger partial charge in [-0.2, -0.15) is 5.10 Å². The average Bonchev–Trinajstić information content (AvgIpc) is 3.22. The molecule has 3 N–H and O–H groups in total. The van der Waals surface area contributed by atoms with Gasteiger partial charge in [-0.25, -0.2) is 4.79 Å². The molecule has 184 valence electrons. The van der Waals surface area contributed by atoms with Crippen LogP contribution in [0.3, 0.4) is 0 Å². The first-order valence-electron chi connectivity index (χ1n) is 11.0. The highest BCUT2D eigenvalue weighted by Crippen LogP contribution is 2.26. The molecule has 2 aromatic carbocycles. The molecule has 11 nitrogen and oxygen atoms in total. The van der Waals surface area contributed by atoms with Crippen LogP contribution in [0.25, 0.3) is 10.9 Å². The van der Waals surface area contributed by atoms with E-state index in [1.54, 1.807) is 61.4 Å². The van der Waals surface area contributed by atoms with Crippen molar-refractivity contribution in [3.8, 4) is 11.5 Å². The van der Waals surface area contributed by atoms with Gasteiger partial charge in [0.15, 0.2) is 0 Å². The second kappa shape index (κ2) is 10.1. The fourth-order valence-corrected chi connectivity index (χ4v) is 3.43. The number of aromatic nitrogens is 3. The van der Waals surface area contributed by atoms with Gasteiger partial charge in [0, 0.05) is 50.2 Å². The first-order chi connectivity index (χ1) is 17.2. The molecule has 0 saturated carbocycles. The van der Waals surface area contributed by atoms with Crippen LogP contribution in [-0.4, -0.2) is 58.1 Å². The lowest BCUT2D eigenvalue weighted by atomic mass is 10.2. The number of nitrogens with one attached hydrogen (secondary N) is 1. The number of urea groups is 1. The van der Waals surface area contributed by atoms with Crippen LogP contribution in [0.5, 0.6) is 11.5 Å². The molecule has 2 heterocycles. The number of carbonyl (C=O) groups is 3. The molecule has 4 rings (SSSR count). The summed E-state index contributed by atoms with van der Waals surface area (Å²) in [5.74, 6) is -0.0638. The average molecular weight is 488 g/mol. The molecule has 0 spiro atoms. The predicted molar refractivity (Wildman–Crippen MR) is 135 cm³/mol. The zero-order valence-corrected chi connectivity index (χ0v) is 20.0.